The Morgan fingerprint density at radius 3 is 2.48 bits per heavy atom. The topological polar surface area (TPSA) is 115 Å². The van der Waals surface area contributed by atoms with Gasteiger partial charge >= 0.3 is 12.2 Å². The van der Waals surface area contributed by atoms with Crippen molar-refractivity contribution < 1.29 is 22.8 Å². The fraction of sp³-hybridized carbons (Fsp3) is 0.231. The van der Waals surface area contributed by atoms with E-state index in [1.807, 2.05) is 11.4 Å². The molecule has 0 saturated heterocycles. The second-order valence-electron chi connectivity index (χ2n) is 4.68. The van der Waals surface area contributed by atoms with E-state index >= 15 is 0 Å². The maximum Gasteiger partial charge on any atom is 0.453 e. The summed E-state index contributed by atoms with van der Waals surface area (Å²) in [5.41, 5.74) is 0.843. The van der Waals surface area contributed by atoms with E-state index < -0.39 is 23.9 Å². The van der Waals surface area contributed by atoms with Crippen molar-refractivity contribution in [2.24, 2.45) is 0 Å². The number of urea groups is 1. The summed E-state index contributed by atoms with van der Waals surface area (Å²) in [6, 6.07) is 8.29. The van der Waals surface area contributed by atoms with E-state index in [9.17, 15) is 22.8 Å². The minimum atomic E-state index is -4.75. The normalized spacial score (nSPS) is 11.2. The number of halogens is 3. The van der Waals surface area contributed by atoms with Gasteiger partial charge in [-0.3, -0.25) is 10.1 Å². The van der Waals surface area contributed by atoms with Crippen molar-refractivity contribution in [3.8, 4) is 0 Å². The number of thioether (sulfide) groups is 1. The van der Waals surface area contributed by atoms with Gasteiger partial charge in [-0.15, -0.1) is 10.2 Å². The SMILES string of the molecule is Nn1c(SCC(=O)NC(=O)NCc2ccccc2)nnc1C(F)(F)F. The number of rotatable bonds is 5. The van der Waals surface area contributed by atoms with Gasteiger partial charge < -0.3 is 11.2 Å². The van der Waals surface area contributed by atoms with Gasteiger partial charge in [0.1, 0.15) is 0 Å². The molecule has 12 heteroatoms. The average molecular weight is 374 g/mol. The summed E-state index contributed by atoms with van der Waals surface area (Å²) in [4.78, 5) is 23.2. The lowest BCUT2D eigenvalue weighted by Crippen LogP contribution is -2.40. The molecule has 0 bridgehead atoms. The Balaban J connectivity index is 1.79. The number of nitrogens with two attached hydrogens (primary N) is 1. The van der Waals surface area contributed by atoms with Crippen LogP contribution in [0, 0.1) is 0 Å². The van der Waals surface area contributed by atoms with E-state index in [0.717, 1.165) is 5.56 Å². The maximum atomic E-state index is 12.5. The van der Waals surface area contributed by atoms with Crippen molar-refractivity contribution in [3.05, 3.63) is 41.7 Å². The van der Waals surface area contributed by atoms with Crippen LogP contribution in [-0.2, 0) is 17.5 Å². The number of amides is 3. The molecule has 1 heterocycles. The summed E-state index contributed by atoms with van der Waals surface area (Å²) in [7, 11) is 0. The van der Waals surface area contributed by atoms with Gasteiger partial charge in [0, 0.05) is 6.54 Å². The number of nitrogens with one attached hydrogen (secondary N) is 2. The number of hydrogen-bond donors (Lipinski definition) is 3. The first-order chi connectivity index (χ1) is 11.8. The number of imide groups is 1. The van der Waals surface area contributed by atoms with Gasteiger partial charge in [-0.05, 0) is 5.56 Å². The number of alkyl halides is 3. The zero-order valence-corrected chi connectivity index (χ0v) is 13.4. The summed E-state index contributed by atoms with van der Waals surface area (Å²) in [6.45, 7) is 0.221. The molecule has 0 unspecified atom stereocenters. The van der Waals surface area contributed by atoms with Gasteiger partial charge in [0.15, 0.2) is 0 Å². The molecule has 0 atom stereocenters. The van der Waals surface area contributed by atoms with Crippen LogP contribution in [0.2, 0.25) is 0 Å². The van der Waals surface area contributed by atoms with Crippen molar-refractivity contribution >= 4 is 23.7 Å². The lowest BCUT2D eigenvalue weighted by molar-refractivity contribution is -0.146. The first kappa shape index (κ1) is 18.6. The van der Waals surface area contributed by atoms with Gasteiger partial charge in [-0.2, -0.15) is 13.2 Å². The third-order valence-electron chi connectivity index (χ3n) is 2.80. The standard InChI is InChI=1S/C13H13F3N6O2S/c14-13(15,16)10-20-21-12(22(10)17)25-7-9(23)19-11(24)18-6-8-4-2-1-3-5-8/h1-5H,6-7,17H2,(H2,18,19,23,24). The summed E-state index contributed by atoms with van der Waals surface area (Å²) in [5, 5.41) is 10.4. The molecule has 0 aliphatic rings. The number of benzene rings is 1. The van der Waals surface area contributed by atoms with Crippen LogP contribution in [0.1, 0.15) is 11.4 Å². The van der Waals surface area contributed by atoms with Crippen molar-refractivity contribution in [1.82, 2.24) is 25.5 Å². The molecule has 0 fully saturated rings. The zero-order chi connectivity index (χ0) is 18.4. The molecule has 3 amide bonds. The fourth-order valence-electron chi connectivity index (χ4n) is 1.68. The predicted octanol–water partition coefficient (Wildman–Crippen LogP) is 1.13. The van der Waals surface area contributed by atoms with Crippen LogP contribution in [0.3, 0.4) is 0 Å². The van der Waals surface area contributed by atoms with E-state index in [1.54, 1.807) is 24.3 Å². The van der Waals surface area contributed by atoms with Gasteiger partial charge in [-0.25, -0.2) is 9.47 Å². The Morgan fingerprint density at radius 1 is 1.20 bits per heavy atom. The maximum absolute atomic E-state index is 12.5. The third-order valence-corrected chi connectivity index (χ3v) is 3.74. The van der Waals surface area contributed by atoms with Crippen LogP contribution in [-0.4, -0.2) is 32.6 Å². The van der Waals surface area contributed by atoms with E-state index in [1.165, 1.54) is 0 Å². The number of aromatic nitrogens is 3. The molecule has 0 radical (unpaired) electrons. The second kappa shape index (κ2) is 7.88. The second-order valence-corrected chi connectivity index (χ2v) is 5.62. The molecular weight excluding hydrogens is 361 g/mol. The molecule has 0 aliphatic carbocycles. The highest BCUT2D eigenvalue weighted by Gasteiger charge is 2.38. The zero-order valence-electron chi connectivity index (χ0n) is 12.6. The Hall–Kier alpha value is -2.76. The smallest absolute Gasteiger partial charge is 0.335 e. The molecule has 1 aromatic carbocycles. The van der Waals surface area contributed by atoms with Crippen LogP contribution < -0.4 is 16.5 Å². The first-order valence-electron chi connectivity index (χ1n) is 6.79. The number of nitrogen functional groups attached to an aromatic ring is 1. The molecule has 4 N–H and O–H groups in total. The Morgan fingerprint density at radius 2 is 1.88 bits per heavy atom. The molecule has 25 heavy (non-hydrogen) atoms. The summed E-state index contributed by atoms with van der Waals surface area (Å²) in [6.07, 6.45) is -4.75. The number of hydrogen-bond acceptors (Lipinski definition) is 6. The van der Waals surface area contributed by atoms with Gasteiger partial charge in [0.05, 0.1) is 5.75 Å². The highest BCUT2D eigenvalue weighted by Crippen LogP contribution is 2.28. The molecule has 8 nitrogen and oxygen atoms in total. The average Bonchev–Trinajstić information content (AvgIpc) is 2.93. The van der Waals surface area contributed by atoms with Crippen molar-refractivity contribution in [2.45, 2.75) is 17.9 Å². The van der Waals surface area contributed by atoms with E-state index in [2.05, 4.69) is 15.5 Å². The number of carbonyl (C=O) groups is 2. The number of nitrogens with zero attached hydrogens (tertiary/aromatic N) is 3. The van der Waals surface area contributed by atoms with E-state index in [4.69, 9.17) is 5.84 Å². The van der Waals surface area contributed by atoms with Gasteiger partial charge in [0.2, 0.25) is 11.1 Å². The van der Waals surface area contributed by atoms with Crippen molar-refractivity contribution in [1.29, 1.82) is 0 Å². The van der Waals surface area contributed by atoms with Crippen LogP contribution in [0.5, 0.6) is 0 Å². The minimum absolute atomic E-state index is 0.221. The first-order valence-corrected chi connectivity index (χ1v) is 7.78. The minimum Gasteiger partial charge on any atom is -0.335 e. The Bertz CT molecular complexity index is 750. The van der Waals surface area contributed by atoms with E-state index in [0.29, 0.717) is 11.8 Å². The van der Waals surface area contributed by atoms with Crippen LogP contribution in [0.25, 0.3) is 0 Å². The lowest BCUT2D eigenvalue weighted by Gasteiger charge is -2.07. The summed E-state index contributed by atoms with van der Waals surface area (Å²) >= 11 is 0.621. The predicted molar refractivity (Wildman–Crippen MR) is 82.7 cm³/mol. The largest absolute Gasteiger partial charge is 0.453 e. The summed E-state index contributed by atoms with van der Waals surface area (Å²) in [5.74, 6) is 2.78. The van der Waals surface area contributed by atoms with Crippen molar-refractivity contribution in [3.63, 3.8) is 0 Å². The monoisotopic (exact) mass is 374 g/mol. The Labute approximate surface area is 143 Å². The lowest BCUT2D eigenvalue weighted by atomic mass is 10.2. The van der Waals surface area contributed by atoms with Gasteiger partial charge in [0.25, 0.3) is 5.82 Å². The highest BCUT2D eigenvalue weighted by atomic mass is 32.2. The molecule has 2 rings (SSSR count). The van der Waals surface area contributed by atoms with Crippen LogP contribution >= 0.6 is 11.8 Å². The van der Waals surface area contributed by atoms with Gasteiger partial charge in [-0.1, -0.05) is 42.1 Å². The molecular formula is C13H13F3N6O2S. The third kappa shape index (κ3) is 5.38. The van der Waals surface area contributed by atoms with Crippen LogP contribution in [0.4, 0.5) is 18.0 Å². The molecule has 1 aromatic heterocycles. The number of carbonyl (C=O) groups excluding carboxylic acids is 2. The highest BCUT2D eigenvalue weighted by molar-refractivity contribution is 7.99. The molecule has 0 aliphatic heterocycles. The quantitative estimate of drug-likeness (QED) is 0.534. The fourth-order valence-corrected chi connectivity index (χ4v) is 2.34. The molecule has 134 valence electrons. The van der Waals surface area contributed by atoms with Crippen molar-refractivity contribution in [2.75, 3.05) is 11.6 Å². The van der Waals surface area contributed by atoms with E-state index in [-0.39, 0.29) is 22.1 Å². The van der Waals surface area contributed by atoms with Crippen LogP contribution in [0.15, 0.2) is 35.5 Å². The summed E-state index contributed by atoms with van der Waals surface area (Å²) < 4.78 is 37.8. The molecule has 2 aromatic rings. The Kier molecular flexibility index (Phi) is 5.85. The molecule has 0 spiro atoms. The molecule has 0 saturated carbocycles.